The summed E-state index contributed by atoms with van der Waals surface area (Å²) in [6, 6.07) is 0. The molecular formula is C7H13ClN4. The largest absolute Gasteiger partial charge is 0.259 e. The number of amidine groups is 2. The molecule has 0 amide bonds. The molecule has 5 heteroatoms. The number of hydrazine groups is 1. The Morgan fingerprint density at radius 3 is 2.67 bits per heavy atom. The summed E-state index contributed by atoms with van der Waals surface area (Å²) >= 11 is 5.85. The molecule has 0 aliphatic carbocycles. The molecule has 4 nitrogen and oxygen atoms in total. The summed E-state index contributed by atoms with van der Waals surface area (Å²) in [5, 5.41) is 1.39. The quantitative estimate of drug-likeness (QED) is 0.404. The van der Waals surface area contributed by atoms with Crippen LogP contribution in [0.5, 0.6) is 0 Å². The number of hydrogen-bond donors (Lipinski definition) is 1. The Morgan fingerprint density at radius 2 is 2.17 bits per heavy atom. The van der Waals surface area contributed by atoms with Crippen LogP contribution in [0.2, 0.25) is 0 Å². The van der Waals surface area contributed by atoms with Gasteiger partial charge >= 0.3 is 0 Å². The van der Waals surface area contributed by atoms with Crippen molar-refractivity contribution in [3.63, 3.8) is 0 Å². The van der Waals surface area contributed by atoms with E-state index in [-0.39, 0.29) is 0 Å². The van der Waals surface area contributed by atoms with Crippen LogP contribution in [0.1, 0.15) is 26.7 Å². The Balaban J connectivity index is 2.84. The average Bonchev–Trinajstić information content (AvgIpc) is 2.09. The van der Waals surface area contributed by atoms with Crippen molar-refractivity contribution in [3.05, 3.63) is 0 Å². The highest BCUT2D eigenvalue weighted by Crippen LogP contribution is 2.12. The van der Waals surface area contributed by atoms with E-state index in [4.69, 9.17) is 17.4 Å². The number of nitrogens with zero attached hydrogens (tertiary/aromatic N) is 3. The molecular weight excluding hydrogens is 176 g/mol. The predicted octanol–water partition coefficient (Wildman–Crippen LogP) is 1.32. The fourth-order valence-electron chi connectivity index (χ4n) is 0.976. The molecule has 1 heterocycles. The predicted molar refractivity (Wildman–Crippen MR) is 51.1 cm³/mol. The van der Waals surface area contributed by atoms with Crippen LogP contribution in [-0.2, 0) is 0 Å². The Labute approximate surface area is 77.1 Å². The van der Waals surface area contributed by atoms with E-state index in [0.717, 1.165) is 24.5 Å². The van der Waals surface area contributed by atoms with Crippen LogP contribution in [0.25, 0.3) is 0 Å². The SMILES string of the molecule is CCC1=NC(Cl)N(N)C(CC)=N1. The minimum atomic E-state index is -0.493. The fourth-order valence-corrected chi connectivity index (χ4v) is 1.20. The molecule has 1 aliphatic heterocycles. The van der Waals surface area contributed by atoms with Crippen molar-refractivity contribution in [1.29, 1.82) is 0 Å². The van der Waals surface area contributed by atoms with Crippen molar-refractivity contribution in [2.45, 2.75) is 32.3 Å². The summed E-state index contributed by atoms with van der Waals surface area (Å²) in [6.45, 7) is 3.98. The van der Waals surface area contributed by atoms with E-state index in [1.807, 2.05) is 13.8 Å². The molecule has 0 aromatic rings. The monoisotopic (exact) mass is 188 g/mol. The van der Waals surface area contributed by atoms with Crippen LogP contribution < -0.4 is 5.84 Å². The zero-order valence-electron chi connectivity index (χ0n) is 7.29. The van der Waals surface area contributed by atoms with Gasteiger partial charge in [-0.3, -0.25) is 5.01 Å². The average molecular weight is 189 g/mol. The van der Waals surface area contributed by atoms with Crippen LogP contribution >= 0.6 is 11.6 Å². The molecule has 0 aromatic carbocycles. The first-order chi connectivity index (χ1) is 5.69. The van der Waals surface area contributed by atoms with Crippen LogP contribution in [0.3, 0.4) is 0 Å². The molecule has 0 fully saturated rings. The number of nitrogens with two attached hydrogens (primary N) is 1. The second-order valence-corrected chi connectivity index (χ2v) is 2.89. The van der Waals surface area contributed by atoms with Crippen molar-refractivity contribution < 1.29 is 0 Å². The van der Waals surface area contributed by atoms with Gasteiger partial charge in [-0.05, 0) is 0 Å². The molecule has 1 rings (SSSR count). The third-order valence-electron chi connectivity index (χ3n) is 1.67. The number of rotatable bonds is 2. The summed E-state index contributed by atoms with van der Waals surface area (Å²) in [5.41, 5.74) is -0.493. The van der Waals surface area contributed by atoms with Gasteiger partial charge in [-0.15, -0.1) is 0 Å². The molecule has 0 saturated heterocycles. The van der Waals surface area contributed by atoms with Gasteiger partial charge in [0.2, 0.25) is 5.62 Å². The zero-order valence-corrected chi connectivity index (χ0v) is 8.04. The van der Waals surface area contributed by atoms with E-state index in [2.05, 4.69) is 9.98 Å². The van der Waals surface area contributed by atoms with Crippen molar-refractivity contribution in [2.75, 3.05) is 0 Å². The van der Waals surface area contributed by atoms with E-state index in [0.29, 0.717) is 0 Å². The highest BCUT2D eigenvalue weighted by atomic mass is 35.5. The highest BCUT2D eigenvalue weighted by Gasteiger charge is 2.19. The summed E-state index contributed by atoms with van der Waals surface area (Å²) in [5.74, 6) is 7.18. The lowest BCUT2D eigenvalue weighted by molar-refractivity contribution is 0.402. The van der Waals surface area contributed by atoms with Crippen LogP contribution in [0.4, 0.5) is 0 Å². The second-order valence-electron chi connectivity index (χ2n) is 2.50. The van der Waals surface area contributed by atoms with Gasteiger partial charge in [0.25, 0.3) is 0 Å². The van der Waals surface area contributed by atoms with Crippen LogP contribution in [0, 0.1) is 0 Å². The molecule has 0 saturated carbocycles. The van der Waals surface area contributed by atoms with E-state index >= 15 is 0 Å². The molecule has 1 aliphatic rings. The highest BCUT2D eigenvalue weighted by molar-refractivity contribution is 6.22. The normalized spacial score (nSPS) is 23.7. The van der Waals surface area contributed by atoms with Crippen LogP contribution in [-0.4, -0.2) is 22.3 Å². The Kier molecular flexibility index (Phi) is 3.05. The number of aliphatic imine (C=N–C) groups is 2. The molecule has 68 valence electrons. The molecule has 1 atom stereocenters. The Hall–Kier alpha value is -0.610. The van der Waals surface area contributed by atoms with E-state index in [9.17, 15) is 0 Å². The van der Waals surface area contributed by atoms with Gasteiger partial charge in [0.1, 0.15) is 11.7 Å². The van der Waals surface area contributed by atoms with Gasteiger partial charge in [-0.1, -0.05) is 25.4 Å². The number of alkyl halides is 1. The Bertz CT molecular complexity index is 223. The van der Waals surface area contributed by atoms with Gasteiger partial charge in [0.05, 0.1) is 0 Å². The molecule has 0 aromatic heterocycles. The maximum atomic E-state index is 5.85. The Morgan fingerprint density at radius 1 is 1.50 bits per heavy atom. The fraction of sp³-hybridized carbons (Fsp3) is 0.714. The van der Waals surface area contributed by atoms with Gasteiger partial charge in [-0.25, -0.2) is 15.8 Å². The van der Waals surface area contributed by atoms with Crippen molar-refractivity contribution >= 4 is 23.3 Å². The first kappa shape index (κ1) is 9.48. The topological polar surface area (TPSA) is 54.0 Å². The van der Waals surface area contributed by atoms with Crippen LogP contribution in [0.15, 0.2) is 9.98 Å². The molecule has 0 spiro atoms. The summed E-state index contributed by atoms with van der Waals surface area (Å²) in [7, 11) is 0. The summed E-state index contributed by atoms with van der Waals surface area (Å²) < 4.78 is 0. The maximum absolute atomic E-state index is 5.85. The molecule has 0 radical (unpaired) electrons. The van der Waals surface area contributed by atoms with Gasteiger partial charge in [-0.2, -0.15) is 0 Å². The standard InChI is InChI=1S/C7H13ClN4/c1-3-5-10-6(4-2)12(9)7(8)11-5/h7H,3-4,9H2,1-2H3. The molecule has 1 unspecified atom stereocenters. The van der Waals surface area contributed by atoms with Crippen molar-refractivity contribution in [3.8, 4) is 0 Å². The molecule has 12 heavy (non-hydrogen) atoms. The lowest BCUT2D eigenvalue weighted by Gasteiger charge is -2.26. The van der Waals surface area contributed by atoms with Gasteiger partial charge in [0.15, 0.2) is 0 Å². The van der Waals surface area contributed by atoms with E-state index in [1.54, 1.807) is 0 Å². The van der Waals surface area contributed by atoms with Gasteiger partial charge < -0.3 is 0 Å². The second kappa shape index (κ2) is 3.87. The number of hydrogen-bond acceptors (Lipinski definition) is 4. The van der Waals surface area contributed by atoms with Gasteiger partial charge in [0, 0.05) is 12.8 Å². The third kappa shape index (κ3) is 1.76. The smallest absolute Gasteiger partial charge is 0.213 e. The minimum Gasteiger partial charge on any atom is -0.259 e. The lowest BCUT2D eigenvalue weighted by Crippen LogP contribution is -2.44. The lowest BCUT2D eigenvalue weighted by atomic mass is 10.3. The summed E-state index contributed by atoms with van der Waals surface area (Å²) in [6.07, 6.45) is 1.57. The molecule has 2 N–H and O–H groups in total. The minimum absolute atomic E-state index is 0.493. The first-order valence-electron chi connectivity index (χ1n) is 4.01. The molecule has 0 bridgehead atoms. The zero-order chi connectivity index (χ0) is 9.14. The first-order valence-corrected chi connectivity index (χ1v) is 4.44. The van der Waals surface area contributed by atoms with Crippen molar-refractivity contribution in [1.82, 2.24) is 5.01 Å². The number of halogens is 1. The van der Waals surface area contributed by atoms with E-state index < -0.39 is 5.62 Å². The summed E-state index contributed by atoms with van der Waals surface area (Å²) in [4.78, 5) is 8.31. The van der Waals surface area contributed by atoms with Crippen molar-refractivity contribution in [2.24, 2.45) is 15.8 Å². The maximum Gasteiger partial charge on any atom is 0.213 e. The van der Waals surface area contributed by atoms with E-state index in [1.165, 1.54) is 5.01 Å². The third-order valence-corrected chi connectivity index (χ3v) is 1.98.